The standard InChI is InChI=1S/C28H36FNO5/c1-15-23(31)13-30(25(15)27(33)34-2)26(32)21-8-20(19-3-4-19)24(9-22(21)29)35-14-28-10-16-5-17(11-28)7-18(6-16)12-28/h8-9,15-19,23,25,31H,3-7,10-14H2,1-2H3/t15-,16?,17?,18?,23-,25+,28?/m1/s1. The molecule has 1 aliphatic heterocycles. The van der Waals surface area contributed by atoms with Crippen LogP contribution in [-0.2, 0) is 9.53 Å². The van der Waals surface area contributed by atoms with Crippen molar-refractivity contribution < 1.29 is 28.6 Å². The van der Waals surface area contributed by atoms with Gasteiger partial charge in [0.05, 0.1) is 25.4 Å². The third-order valence-electron chi connectivity index (χ3n) is 9.57. The fourth-order valence-electron chi connectivity index (χ4n) is 8.07. The monoisotopic (exact) mass is 485 g/mol. The molecule has 5 saturated carbocycles. The topological polar surface area (TPSA) is 76.1 Å². The van der Waals surface area contributed by atoms with Crippen LogP contribution in [0.2, 0.25) is 0 Å². The summed E-state index contributed by atoms with van der Waals surface area (Å²) in [6, 6.07) is 2.08. The van der Waals surface area contributed by atoms with Gasteiger partial charge in [-0.25, -0.2) is 9.18 Å². The summed E-state index contributed by atoms with van der Waals surface area (Å²) >= 11 is 0. The van der Waals surface area contributed by atoms with Crippen LogP contribution in [0.4, 0.5) is 4.39 Å². The average Bonchev–Trinajstić information content (AvgIpc) is 3.61. The summed E-state index contributed by atoms with van der Waals surface area (Å²) in [5.41, 5.74) is 1.04. The second-order valence-electron chi connectivity index (χ2n) is 12.2. The number of carbonyl (C=O) groups excluding carboxylic acids is 2. The van der Waals surface area contributed by atoms with Gasteiger partial charge in [0.15, 0.2) is 0 Å². The molecule has 1 heterocycles. The summed E-state index contributed by atoms with van der Waals surface area (Å²) in [6.45, 7) is 2.30. The number of aliphatic hydroxyl groups excluding tert-OH is 1. The van der Waals surface area contributed by atoms with Crippen LogP contribution in [0.3, 0.4) is 0 Å². The summed E-state index contributed by atoms with van der Waals surface area (Å²) < 4.78 is 26.7. The molecule has 1 aromatic carbocycles. The van der Waals surface area contributed by atoms with Crippen molar-refractivity contribution in [2.45, 2.75) is 76.4 Å². The average molecular weight is 486 g/mol. The quantitative estimate of drug-likeness (QED) is 0.609. The van der Waals surface area contributed by atoms with Crippen LogP contribution in [-0.4, -0.2) is 54.3 Å². The first-order chi connectivity index (χ1) is 16.8. The molecule has 6 nitrogen and oxygen atoms in total. The summed E-state index contributed by atoms with van der Waals surface area (Å²) in [5, 5.41) is 10.3. The minimum absolute atomic E-state index is 0.0256. The molecule has 5 aliphatic carbocycles. The minimum atomic E-state index is -0.932. The summed E-state index contributed by atoms with van der Waals surface area (Å²) in [7, 11) is 1.25. The van der Waals surface area contributed by atoms with Crippen LogP contribution in [0, 0.1) is 34.9 Å². The number of aliphatic hydroxyl groups is 1. The SMILES string of the molecule is COC(=O)[C@@H]1[C@H](C)[C@H](O)CN1C(=O)c1cc(C2CC2)c(OCC23CC4CC(CC(C4)C2)C3)cc1F. The Labute approximate surface area is 206 Å². The molecule has 0 unspecified atom stereocenters. The van der Waals surface area contributed by atoms with E-state index < -0.39 is 35.8 Å². The predicted molar refractivity (Wildman–Crippen MR) is 126 cm³/mol. The zero-order valence-corrected chi connectivity index (χ0v) is 20.7. The molecular formula is C28H36FNO5. The molecule has 3 atom stereocenters. The van der Waals surface area contributed by atoms with Crippen LogP contribution in [0.1, 0.15) is 80.1 Å². The normalized spacial score (nSPS) is 37.5. The first-order valence-corrected chi connectivity index (χ1v) is 13.3. The van der Waals surface area contributed by atoms with Gasteiger partial charge in [-0.2, -0.15) is 0 Å². The molecule has 4 bridgehead atoms. The van der Waals surface area contributed by atoms with Gasteiger partial charge in [0, 0.05) is 23.9 Å². The number of amides is 1. The number of nitrogens with zero attached hydrogens (tertiary/aromatic N) is 1. The predicted octanol–water partition coefficient (Wildman–Crippen LogP) is 4.29. The van der Waals surface area contributed by atoms with Crippen LogP contribution in [0.25, 0.3) is 0 Å². The van der Waals surface area contributed by atoms with Crippen molar-refractivity contribution in [3.63, 3.8) is 0 Å². The lowest BCUT2D eigenvalue weighted by atomic mass is 9.50. The lowest BCUT2D eigenvalue weighted by molar-refractivity contribution is -0.146. The molecular weight excluding hydrogens is 449 g/mol. The summed E-state index contributed by atoms with van der Waals surface area (Å²) in [5.74, 6) is 1.00. The second-order valence-corrected chi connectivity index (χ2v) is 12.2. The van der Waals surface area contributed by atoms with E-state index in [1.54, 1.807) is 13.0 Å². The first-order valence-electron chi connectivity index (χ1n) is 13.3. The van der Waals surface area contributed by atoms with Crippen LogP contribution in [0.15, 0.2) is 12.1 Å². The number of methoxy groups -OCH3 is 1. The first kappa shape index (κ1) is 23.3. The van der Waals surface area contributed by atoms with E-state index in [0.29, 0.717) is 12.4 Å². The van der Waals surface area contributed by atoms with Gasteiger partial charge in [-0.1, -0.05) is 6.92 Å². The van der Waals surface area contributed by atoms with Gasteiger partial charge < -0.3 is 19.5 Å². The van der Waals surface area contributed by atoms with Gasteiger partial charge >= 0.3 is 5.97 Å². The molecule has 6 fully saturated rings. The van der Waals surface area contributed by atoms with Crippen molar-refractivity contribution >= 4 is 11.9 Å². The van der Waals surface area contributed by atoms with E-state index in [-0.39, 0.29) is 23.4 Å². The largest absolute Gasteiger partial charge is 0.493 e. The van der Waals surface area contributed by atoms with E-state index in [9.17, 15) is 14.7 Å². The number of likely N-dealkylation sites (tertiary alicyclic amines) is 1. The van der Waals surface area contributed by atoms with Crippen LogP contribution in [0.5, 0.6) is 5.75 Å². The number of carbonyl (C=O) groups is 2. The Balaban J connectivity index is 1.25. The Morgan fingerprint density at radius 1 is 1.11 bits per heavy atom. The van der Waals surface area contributed by atoms with Crippen molar-refractivity contribution in [3.05, 3.63) is 29.1 Å². The zero-order chi connectivity index (χ0) is 24.5. The zero-order valence-electron chi connectivity index (χ0n) is 20.7. The Kier molecular flexibility index (Phi) is 5.62. The highest BCUT2D eigenvalue weighted by Gasteiger charge is 2.51. The number of rotatable bonds is 6. The Hall–Kier alpha value is -2.15. The highest BCUT2D eigenvalue weighted by molar-refractivity contribution is 5.98. The molecule has 0 aromatic heterocycles. The number of ether oxygens (including phenoxy) is 2. The lowest BCUT2D eigenvalue weighted by Gasteiger charge is -2.56. The van der Waals surface area contributed by atoms with Gasteiger partial charge in [-0.3, -0.25) is 4.79 Å². The van der Waals surface area contributed by atoms with E-state index >= 15 is 4.39 Å². The molecule has 7 heteroatoms. The molecule has 190 valence electrons. The fourth-order valence-corrected chi connectivity index (χ4v) is 8.07. The van der Waals surface area contributed by atoms with Gasteiger partial charge in [-0.05, 0) is 86.7 Å². The number of benzene rings is 1. The maximum atomic E-state index is 15.4. The van der Waals surface area contributed by atoms with Crippen molar-refractivity contribution in [1.29, 1.82) is 0 Å². The molecule has 1 N–H and O–H groups in total. The maximum absolute atomic E-state index is 15.4. The van der Waals surface area contributed by atoms with Crippen molar-refractivity contribution in [1.82, 2.24) is 4.90 Å². The third-order valence-corrected chi connectivity index (χ3v) is 9.57. The summed E-state index contributed by atoms with van der Waals surface area (Å²) in [4.78, 5) is 27.0. The van der Waals surface area contributed by atoms with E-state index in [1.165, 1.54) is 56.6 Å². The molecule has 35 heavy (non-hydrogen) atoms. The molecule has 1 aromatic rings. The van der Waals surface area contributed by atoms with Gasteiger partial charge in [0.25, 0.3) is 5.91 Å². The molecule has 0 spiro atoms. The smallest absolute Gasteiger partial charge is 0.328 e. The fraction of sp³-hybridized carbons (Fsp3) is 0.714. The molecule has 0 radical (unpaired) electrons. The van der Waals surface area contributed by atoms with Crippen molar-refractivity contribution in [3.8, 4) is 5.75 Å². The number of esters is 1. The lowest BCUT2D eigenvalue weighted by Crippen LogP contribution is -2.48. The molecule has 1 amide bonds. The van der Waals surface area contributed by atoms with Crippen LogP contribution < -0.4 is 4.74 Å². The Bertz CT molecular complexity index is 1000. The van der Waals surface area contributed by atoms with Gasteiger partial charge in [0.1, 0.15) is 17.6 Å². The van der Waals surface area contributed by atoms with Crippen molar-refractivity contribution in [2.24, 2.45) is 29.1 Å². The molecule has 7 rings (SSSR count). The third kappa shape index (κ3) is 4.04. The summed E-state index contributed by atoms with van der Waals surface area (Å²) in [6.07, 6.45) is 8.91. The van der Waals surface area contributed by atoms with Gasteiger partial charge in [0.2, 0.25) is 0 Å². The van der Waals surface area contributed by atoms with E-state index in [2.05, 4.69) is 0 Å². The minimum Gasteiger partial charge on any atom is -0.493 e. The molecule has 6 aliphatic rings. The second kappa shape index (κ2) is 8.46. The van der Waals surface area contributed by atoms with E-state index in [0.717, 1.165) is 36.2 Å². The molecule has 1 saturated heterocycles. The number of hydrogen-bond acceptors (Lipinski definition) is 5. The van der Waals surface area contributed by atoms with E-state index in [4.69, 9.17) is 9.47 Å². The Morgan fingerprint density at radius 3 is 2.31 bits per heavy atom. The highest BCUT2D eigenvalue weighted by Crippen LogP contribution is 2.60. The van der Waals surface area contributed by atoms with Gasteiger partial charge in [-0.15, -0.1) is 0 Å². The Morgan fingerprint density at radius 2 is 1.74 bits per heavy atom. The number of hydrogen-bond donors (Lipinski definition) is 1. The van der Waals surface area contributed by atoms with Crippen molar-refractivity contribution in [2.75, 3.05) is 20.3 Å². The maximum Gasteiger partial charge on any atom is 0.328 e. The highest BCUT2D eigenvalue weighted by atomic mass is 19.1. The number of halogens is 1. The number of β-amino-alcohol motifs (C(OH)–C–C–N with tert-alkyl or cyclic N) is 1. The van der Waals surface area contributed by atoms with Crippen LogP contribution >= 0.6 is 0 Å². The van der Waals surface area contributed by atoms with E-state index in [1.807, 2.05) is 0 Å².